The highest BCUT2D eigenvalue weighted by molar-refractivity contribution is 8.68. The van der Waals surface area contributed by atoms with Gasteiger partial charge in [0.1, 0.15) is 6.61 Å². The number of hydrogen-bond acceptors (Lipinski definition) is 4. The molecule has 0 aliphatic rings. The molecule has 0 saturated carbocycles. The van der Waals surface area contributed by atoms with Crippen LogP contribution < -0.4 is 5.32 Å². The van der Waals surface area contributed by atoms with Crippen LogP contribution in [-0.4, -0.2) is 25.5 Å². The molecule has 0 unspecified atom stereocenters. The zero-order chi connectivity index (χ0) is 7.11. The lowest BCUT2D eigenvalue weighted by Crippen LogP contribution is -2.20. The Morgan fingerprint density at radius 1 is 1.89 bits per heavy atom. The monoisotopic (exact) mass is 167 g/mol. The number of nitrogens with one attached hydrogen (secondary N) is 1. The lowest BCUT2D eigenvalue weighted by molar-refractivity contribution is 0.155. The van der Waals surface area contributed by atoms with Gasteiger partial charge in [-0.05, 0) is 0 Å². The van der Waals surface area contributed by atoms with Gasteiger partial charge in [0.25, 0.3) is 0 Å². The number of amides is 1. The summed E-state index contributed by atoms with van der Waals surface area (Å²) in [4.78, 5) is 10.3. The molecule has 5 heteroatoms. The largest absolute Gasteiger partial charge is 0.449 e. The fraction of sp³-hybridized carbons (Fsp3) is 0.750. The zero-order valence-corrected chi connectivity index (χ0v) is 6.80. The summed E-state index contributed by atoms with van der Waals surface area (Å²) in [5.41, 5.74) is 0. The molecule has 3 nitrogen and oxygen atoms in total. The van der Waals surface area contributed by atoms with E-state index in [1.54, 1.807) is 0 Å². The molecule has 0 heterocycles. The molecule has 0 aliphatic carbocycles. The lowest BCUT2D eigenvalue weighted by Gasteiger charge is -1.99. The van der Waals surface area contributed by atoms with Crippen molar-refractivity contribution in [2.24, 2.45) is 0 Å². The molecular weight excluding hydrogens is 158 g/mol. The minimum atomic E-state index is -0.391. The Labute approximate surface area is 63.3 Å². The van der Waals surface area contributed by atoms with Gasteiger partial charge in [-0.2, -0.15) is 0 Å². The van der Waals surface area contributed by atoms with Gasteiger partial charge in [0.2, 0.25) is 0 Å². The first kappa shape index (κ1) is 8.97. The van der Waals surface area contributed by atoms with Crippen LogP contribution in [0.25, 0.3) is 0 Å². The first-order valence-corrected chi connectivity index (χ1v) is 4.46. The summed E-state index contributed by atoms with van der Waals surface area (Å²) in [6.07, 6.45) is -0.391. The molecule has 0 aromatic heterocycles. The molecule has 0 aromatic rings. The number of ether oxygens (including phenoxy) is 1. The molecule has 0 fully saturated rings. The van der Waals surface area contributed by atoms with E-state index in [4.69, 9.17) is 0 Å². The van der Waals surface area contributed by atoms with Crippen LogP contribution in [0.1, 0.15) is 0 Å². The van der Waals surface area contributed by atoms with E-state index in [0.717, 1.165) is 5.75 Å². The Kier molecular flexibility index (Phi) is 6.08. The molecule has 0 rings (SSSR count). The van der Waals surface area contributed by atoms with E-state index in [9.17, 15) is 4.79 Å². The molecule has 0 bridgehead atoms. The Morgan fingerprint density at radius 3 is 3.00 bits per heavy atom. The smallest absolute Gasteiger partial charge is 0.406 e. The van der Waals surface area contributed by atoms with Crippen molar-refractivity contribution in [2.45, 2.75) is 0 Å². The van der Waals surface area contributed by atoms with Crippen LogP contribution in [0.3, 0.4) is 0 Å². The van der Waals surface area contributed by atoms with E-state index < -0.39 is 6.09 Å². The number of hydrogen-bond donors (Lipinski definition) is 2. The highest BCUT2D eigenvalue weighted by Gasteiger charge is 1.93. The fourth-order valence-corrected chi connectivity index (χ4v) is 0.625. The van der Waals surface area contributed by atoms with Crippen molar-refractivity contribution in [1.82, 2.24) is 5.32 Å². The van der Waals surface area contributed by atoms with Crippen LogP contribution in [0.4, 0.5) is 4.79 Å². The molecule has 0 spiro atoms. The number of alkyl carbamates (subject to hydrolysis) is 1. The average Bonchev–Trinajstić information content (AvgIpc) is 1.89. The highest BCUT2D eigenvalue weighted by atomic mass is 33.1. The maximum atomic E-state index is 10.3. The molecule has 0 saturated heterocycles. The molecule has 1 amide bonds. The van der Waals surface area contributed by atoms with Gasteiger partial charge in [0, 0.05) is 12.8 Å². The van der Waals surface area contributed by atoms with Crippen LogP contribution >= 0.6 is 22.5 Å². The van der Waals surface area contributed by atoms with Crippen molar-refractivity contribution in [1.29, 1.82) is 0 Å². The van der Waals surface area contributed by atoms with Gasteiger partial charge in [-0.25, -0.2) is 4.79 Å². The van der Waals surface area contributed by atoms with Crippen LogP contribution in [0.15, 0.2) is 0 Å². The van der Waals surface area contributed by atoms with E-state index in [1.165, 1.54) is 17.8 Å². The van der Waals surface area contributed by atoms with E-state index in [1.807, 2.05) is 0 Å². The maximum Gasteiger partial charge on any atom is 0.406 e. The number of carbonyl (C=O) groups is 1. The third-order valence-corrected chi connectivity index (χ3v) is 1.51. The first-order valence-electron chi connectivity index (χ1n) is 2.42. The molecule has 0 aromatic carbocycles. The fourth-order valence-electron chi connectivity index (χ4n) is 0.244. The summed E-state index contributed by atoms with van der Waals surface area (Å²) in [5, 5.41) is 2.33. The number of rotatable bonds is 3. The quantitative estimate of drug-likeness (QED) is 0.373. The van der Waals surface area contributed by atoms with Crippen LogP contribution in [0.2, 0.25) is 0 Å². The van der Waals surface area contributed by atoms with Gasteiger partial charge in [-0.15, -0.1) is 11.7 Å². The van der Waals surface area contributed by atoms with Crippen molar-refractivity contribution >= 4 is 28.5 Å². The summed E-state index contributed by atoms with van der Waals surface area (Å²) >= 11 is 3.86. The maximum absolute atomic E-state index is 10.3. The van der Waals surface area contributed by atoms with Gasteiger partial charge in [-0.1, -0.05) is 10.8 Å². The number of carbonyl (C=O) groups excluding carboxylic acids is 1. The Balaban J connectivity index is 2.97. The molecule has 1 N–H and O–H groups in total. The molecular formula is C4H9NO2S2. The Bertz CT molecular complexity index is 88.6. The molecule has 0 aliphatic heterocycles. The van der Waals surface area contributed by atoms with E-state index >= 15 is 0 Å². The summed E-state index contributed by atoms with van der Waals surface area (Å²) < 4.78 is 4.61. The Hall–Kier alpha value is -0.0300. The van der Waals surface area contributed by atoms with Crippen LogP contribution in [-0.2, 0) is 4.74 Å². The number of thiol groups is 1. The topological polar surface area (TPSA) is 38.3 Å². The second kappa shape index (κ2) is 6.10. The average molecular weight is 167 g/mol. The van der Waals surface area contributed by atoms with Crippen LogP contribution in [0, 0.1) is 0 Å². The van der Waals surface area contributed by atoms with E-state index in [0.29, 0.717) is 6.61 Å². The zero-order valence-electron chi connectivity index (χ0n) is 5.09. The second-order valence-electron chi connectivity index (χ2n) is 1.22. The van der Waals surface area contributed by atoms with Crippen molar-refractivity contribution in [3.63, 3.8) is 0 Å². The lowest BCUT2D eigenvalue weighted by atomic mass is 10.8. The SMILES string of the molecule is CNC(=O)OCCSS. The summed E-state index contributed by atoms with van der Waals surface area (Å²) in [5.74, 6) is 0.719. The second-order valence-corrected chi connectivity index (χ2v) is 2.66. The third kappa shape index (κ3) is 5.85. The van der Waals surface area contributed by atoms with E-state index in [-0.39, 0.29) is 0 Å². The van der Waals surface area contributed by atoms with Crippen molar-refractivity contribution < 1.29 is 9.53 Å². The van der Waals surface area contributed by atoms with Crippen LogP contribution in [0.5, 0.6) is 0 Å². The van der Waals surface area contributed by atoms with Gasteiger partial charge < -0.3 is 10.1 Å². The van der Waals surface area contributed by atoms with Gasteiger partial charge in [-0.3, -0.25) is 0 Å². The first-order chi connectivity index (χ1) is 4.31. The molecule has 0 radical (unpaired) electrons. The van der Waals surface area contributed by atoms with Gasteiger partial charge in [0.15, 0.2) is 0 Å². The normalized spacial score (nSPS) is 8.67. The third-order valence-electron chi connectivity index (χ3n) is 0.612. The van der Waals surface area contributed by atoms with Crippen molar-refractivity contribution in [3.05, 3.63) is 0 Å². The Morgan fingerprint density at radius 2 is 2.56 bits per heavy atom. The highest BCUT2D eigenvalue weighted by Crippen LogP contribution is 2.02. The minimum absolute atomic E-state index is 0.391. The van der Waals surface area contributed by atoms with Crippen molar-refractivity contribution in [3.8, 4) is 0 Å². The van der Waals surface area contributed by atoms with Crippen molar-refractivity contribution in [2.75, 3.05) is 19.4 Å². The van der Waals surface area contributed by atoms with Gasteiger partial charge in [0.05, 0.1) is 0 Å². The standard InChI is InChI=1S/C4H9NO2S2/c1-5-4(6)7-2-3-9-8/h8H,2-3H2,1H3,(H,5,6). The molecule has 0 atom stereocenters. The van der Waals surface area contributed by atoms with Gasteiger partial charge >= 0.3 is 6.09 Å². The molecule has 54 valence electrons. The van der Waals surface area contributed by atoms with E-state index in [2.05, 4.69) is 21.7 Å². The predicted molar refractivity (Wildman–Crippen MR) is 41.9 cm³/mol. The minimum Gasteiger partial charge on any atom is -0.449 e. The summed E-state index contributed by atoms with van der Waals surface area (Å²) in [6.45, 7) is 0.411. The summed E-state index contributed by atoms with van der Waals surface area (Å²) in [6, 6.07) is 0. The predicted octanol–water partition coefficient (Wildman–Crippen LogP) is 0.920. The summed E-state index contributed by atoms with van der Waals surface area (Å²) in [7, 11) is 2.87. The molecule has 9 heavy (non-hydrogen) atoms.